The number of amides is 2. The number of halogens is 1. The molecule has 1 aliphatic rings. The molecule has 0 saturated carbocycles. The van der Waals surface area contributed by atoms with Gasteiger partial charge in [-0.15, -0.1) is 0 Å². The molecule has 2 rings (SSSR count). The zero-order chi connectivity index (χ0) is 16.1. The standard InChI is InChI=1S/C16H21ClN2O3/c1-2-4-12(20)10-18-16(22)13-9-11(6-7-14(13)17)19-8-3-5-15(19)21/h6-7,9,12,20H,2-5,8,10H2,1H3,(H,18,22). The van der Waals surface area contributed by atoms with Crippen LogP contribution in [-0.4, -0.2) is 36.1 Å². The second-order valence-corrected chi connectivity index (χ2v) is 5.87. The molecule has 22 heavy (non-hydrogen) atoms. The van der Waals surface area contributed by atoms with E-state index in [1.54, 1.807) is 23.1 Å². The van der Waals surface area contributed by atoms with Crippen molar-refractivity contribution in [2.45, 2.75) is 38.7 Å². The van der Waals surface area contributed by atoms with Gasteiger partial charge in [0.2, 0.25) is 5.91 Å². The molecule has 0 bridgehead atoms. The van der Waals surface area contributed by atoms with Crippen molar-refractivity contribution in [1.82, 2.24) is 5.32 Å². The maximum Gasteiger partial charge on any atom is 0.252 e. The van der Waals surface area contributed by atoms with Gasteiger partial charge in [-0.2, -0.15) is 0 Å². The monoisotopic (exact) mass is 324 g/mol. The van der Waals surface area contributed by atoms with E-state index in [2.05, 4.69) is 5.32 Å². The molecule has 0 radical (unpaired) electrons. The molecule has 120 valence electrons. The van der Waals surface area contributed by atoms with Gasteiger partial charge in [0.25, 0.3) is 5.91 Å². The van der Waals surface area contributed by atoms with Crippen molar-refractivity contribution in [3.63, 3.8) is 0 Å². The van der Waals surface area contributed by atoms with E-state index >= 15 is 0 Å². The number of carbonyl (C=O) groups excluding carboxylic acids is 2. The Kier molecular flexibility index (Phi) is 5.80. The summed E-state index contributed by atoms with van der Waals surface area (Å²) in [6.07, 6.45) is 2.29. The average Bonchev–Trinajstić information content (AvgIpc) is 2.92. The molecule has 0 spiro atoms. The highest BCUT2D eigenvalue weighted by Gasteiger charge is 2.23. The molecule has 1 aliphatic heterocycles. The molecule has 1 aromatic carbocycles. The van der Waals surface area contributed by atoms with Crippen molar-refractivity contribution in [2.24, 2.45) is 0 Å². The van der Waals surface area contributed by atoms with Crippen molar-refractivity contribution < 1.29 is 14.7 Å². The molecule has 0 aromatic heterocycles. The quantitative estimate of drug-likeness (QED) is 0.844. The minimum absolute atomic E-state index is 0.0621. The number of aliphatic hydroxyl groups excluding tert-OH is 1. The van der Waals surface area contributed by atoms with E-state index < -0.39 is 6.10 Å². The number of hydrogen-bond acceptors (Lipinski definition) is 3. The Balaban J connectivity index is 2.09. The Morgan fingerprint density at radius 1 is 1.50 bits per heavy atom. The Hall–Kier alpha value is -1.59. The van der Waals surface area contributed by atoms with Crippen LogP contribution in [0.15, 0.2) is 18.2 Å². The topological polar surface area (TPSA) is 69.6 Å². The Morgan fingerprint density at radius 2 is 2.27 bits per heavy atom. The van der Waals surface area contributed by atoms with E-state index in [-0.39, 0.29) is 18.4 Å². The van der Waals surface area contributed by atoms with Crippen LogP contribution >= 0.6 is 11.6 Å². The Morgan fingerprint density at radius 3 is 2.91 bits per heavy atom. The van der Waals surface area contributed by atoms with Gasteiger partial charge in [0.05, 0.1) is 16.7 Å². The number of nitrogens with zero attached hydrogens (tertiary/aromatic N) is 1. The normalized spacial score (nSPS) is 16.0. The van der Waals surface area contributed by atoms with Crippen LogP contribution in [0.3, 0.4) is 0 Å². The first kappa shape index (κ1) is 16.8. The van der Waals surface area contributed by atoms with Gasteiger partial charge in [-0.3, -0.25) is 9.59 Å². The second-order valence-electron chi connectivity index (χ2n) is 5.47. The predicted molar refractivity (Wildman–Crippen MR) is 86.3 cm³/mol. The first-order valence-electron chi connectivity index (χ1n) is 7.59. The number of anilines is 1. The fourth-order valence-electron chi connectivity index (χ4n) is 2.52. The van der Waals surface area contributed by atoms with Crippen LogP contribution < -0.4 is 10.2 Å². The lowest BCUT2D eigenvalue weighted by atomic mass is 10.1. The molecule has 5 nitrogen and oxygen atoms in total. The van der Waals surface area contributed by atoms with Gasteiger partial charge in [-0.25, -0.2) is 0 Å². The van der Waals surface area contributed by atoms with Crippen LogP contribution in [0.25, 0.3) is 0 Å². The minimum Gasteiger partial charge on any atom is -0.391 e. The first-order chi connectivity index (χ1) is 10.5. The number of aliphatic hydroxyl groups is 1. The summed E-state index contributed by atoms with van der Waals surface area (Å²) in [7, 11) is 0. The maximum absolute atomic E-state index is 12.2. The highest BCUT2D eigenvalue weighted by molar-refractivity contribution is 6.34. The van der Waals surface area contributed by atoms with E-state index in [1.165, 1.54) is 0 Å². The molecular weight excluding hydrogens is 304 g/mol. The van der Waals surface area contributed by atoms with Crippen LogP contribution in [0.4, 0.5) is 5.69 Å². The van der Waals surface area contributed by atoms with Crippen LogP contribution in [-0.2, 0) is 4.79 Å². The third kappa shape index (κ3) is 3.99. The summed E-state index contributed by atoms with van der Waals surface area (Å²) in [5.74, 6) is -0.277. The van der Waals surface area contributed by atoms with Crippen molar-refractivity contribution in [3.05, 3.63) is 28.8 Å². The van der Waals surface area contributed by atoms with Crippen molar-refractivity contribution in [1.29, 1.82) is 0 Å². The third-order valence-corrected chi connectivity index (χ3v) is 4.03. The van der Waals surface area contributed by atoms with Gasteiger partial charge in [0, 0.05) is 25.2 Å². The molecule has 1 aromatic rings. The molecule has 1 unspecified atom stereocenters. The molecule has 6 heteroatoms. The molecule has 1 heterocycles. The highest BCUT2D eigenvalue weighted by atomic mass is 35.5. The second kappa shape index (κ2) is 7.61. The van der Waals surface area contributed by atoms with E-state index in [0.29, 0.717) is 35.7 Å². The summed E-state index contributed by atoms with van der Waals surface area (Å²) in [5.41, 5.74) is 1.01. The Labute approximate surface area is 135 Å². The summed E-state index contributed by atoms with van der Waals surface area (Å²) < 4.78 is 0. The third-order valence-electron chi connectivity index (χ3n) is 3.70. The molecule has 0 aliphatic carbocycles. The first-order valence-corrected chi connectivity index (χ1v) is 7.97. The number of benzene rings is 1. The summed E-state index contributed by atoms with van der Waals surface area (Å²) in [4.78, 5) is 25.7. The lowest BCUT2D eigenvalue weighted by molar-refractivity contribution is -0.117. The van der Waals surface area contributed by atoms with Gasteiger partial charge in [0.1, 0.15) is 0 Å². The van der Waals surface area contributed by atoms with Crippen LogP contribution in [0.5, 0.6) is 0 Å². The van der Waals surface area contributed by atoms with Crippen molar-refractivity contribution >= 4 is 29.1 Å². The van der Waals surface area contributed by atoms with Gasteiger partial charge >= 0.3 is 0 Å². The Bertz CT molecular complexity index is 562. The fourth-order valence-corrected chi connectivity index (χ4v) is 2.72. The van der Waals surface area contributed by atoms with Crippen molar-refractivity contribution in [2.75, 3.05) is 18.0 Å². The largest absolute Gasteiger partial charge is 0.391 e. The fraction of sp³-hybridized carbons (Fsp3) is 0.500. The van der Waals surface area contributed by atoms with Crippen LogP contribution in [0.1, 0.15) is 43.0 Å². The molecule has 1 saturated heterocycles. The minimum atomic E-state index is -0.559. The van der Waals surface area contributed by atoms with Crippen LogP contribution in [0, 0.1) is 0 Å². The molecular formula is C16H21ClN2O3. The summed E-state index contributed by atoms with van der Waals surface area (Å²) >= 11 is 6.08. The molecule has 1 atom stereocenters. The van der Waals surface area contributed by atoms with Gasteiger partial charge < -0.3 is 15.3 Å². The number of carbonyl (C=O) groups is 2. The maximum atomic E-state index is 12.2. The number of nitrogens with one attached hydrogen (secondary N) is 1. The smallest absolute Gasteiger partial charge is 0.252 e. The van der Waals surface area contributed by atoms with E-state index in [0.717, 1.165) is 12.8 Å². The summed E-state index contributed by atoms with van der Waals surface area (Å²) in [6, 6.07) is 5.00. The summed E-state index contributed by atoms with van der Waals surface area (Å²) in [6.45, 7) is 2.82. The van der Waals surface area contributed by atoms with Gasteiger partial charge in [0.15, 0.2) is 0 Å². The molecule has 1 fully saturated rings. The lowest BCUT2D eigenvalue weighted by Gasteiger charge is -2.17. The molecule has 2 amide bonds. The van der Waals surface area contributed by atoms with Gasteiger partial charge in [-0.05, 0) is 31.0 Å². The van der Waals surface area contributed by atoms with E-state index in [4.69, 9.17) is 11.6 Å². The zero-order valence-electron chi connectivity index (χ0n) is 12.6. The molecule has 2 N–H and O–H groups in total. The van der Waals surface area contributed by atoms with E-state index in [9.17, 15) is 14.7 Å². The number of hydrogen-bond donors (Lipinski definition) is 2. The van der Waals surface area contributed by atoms with Crippen molar-refractivity contribution in [3.8, 4) is 0 Å². The predicted octanol–water partition coefficient (Wildman–Crippen LogP) is 2.36. The van der Waals surface area contributed by atoms with Crippen LogP contribution in [0.2, 0.25) is 5.02 Å². The average molecular weight is 325 g/mol. The summed E-state index contributed by atoms with van der Waals surface area (Å²) in [5, 5.41) is 12.7. The number of rotatable bonds is 6. The SMILES string of the molecule is CCCC(O)CNC(=O)c1cc(N2CCCC2=O)ccc1Cl. The zero-order valence-corrected chi connectivity index (χ0v) is 13.4. The highest BCUT2D eigenvalue weighted by Crippen LogP contribution is 2.26. The lowest BCUT2D eigenvalue weighted by Crippen LogP contribution is -2.32. The van der Waals surface area contributed by atoms with E-state index in [1.807, 2.05) is 6.92 Å². The van der Waals surface area contributed by atoms with Gasteiger partial charge in [-0.1, -0.05) is 24.9 Å².